The second-order valence-corrected chi connectivity index (χ2v) is 5.48. The Morgan fingerprint density at radius 3 is 2.82 bits per heavy atom. The maximum Gasteiger partial charge on any atom is 0.443 e. The fourth-order valence-electron chi connectivity index (χ4n) is 2.51. The Kier molecular flexibility index (Phi) is 3.73. The fourth-order valence-corrected chi connectivity index (χ4v) is 3.52. The molecule has 0 spiro atoms. The van der Waals surface area contributed by atoms with E-state index in [1.165, 1.54) is 6.20 Å². The molecule has 96 valence electrons. The second-order valence-electron chi connectivity index (χ2n) is 4.42. The average molecular weight is 264 g/mol. The van der Waals surface area contributed by atoms with Crippen LogP contribution in [0.15, 0.2) is 6.20 Å². The first kappa shape index (κ1) is 12.8. The van der Waals surface area contributed by atoms with Crippen LogP contribution >= 0.6 is 11.3 Å². The van der Waals surface area contributed by atoms with Crippen LogP contribution in [-0.4, -0.2) is 18.6 Å². The lowest BCUT2D eigenvalue weighted by atomic mass is 9.95. The first-order chi connectivity index (χ1) is 8.02. The molecular weight excluding hydrogens is 249 g/mol. The molecule has 1 fully saturated rings. The smallest absolute Gasteiger partial charge is 0.319 e. The summed E-state index contributed by atoms with van der Waals surface area (Å²) in [6.07, 6.45) is 0.263. The van der Waals surface area contributed by atoms with Gasteiger partial charge in [0.2, 0.25) is 0 Å². The van der Waals surface area contributed by atoms with Crippen molar-refractivity contribution in [2.24, 2.45) is 5.92 Å². The maximum atomic E-state index is 12.5. The molecule has 1 aliphatic carbocycles. The summed E-state index contributed by atoms with van der Waals surface area (Å²) in [6, 6.07) is 0. The van der Waals surface area contributed by atoms with E-state index in [1.807, 2.05) is 7.05 Å². The van der Waals surface area contributed by atoms with Gasteiger partial charge in [-0.05, 0) is 38.3 Å². The van der Waals surface area contributed by atoms with Crippen LogP contribution < -0.4 is 5.32 Å². The van der Waals surface area contributed by atoms with Gasteiger partial charge in [-0.3, -0.25) is 0 Å². The Bertz CT molecular complexity index is 375. The van der Waals surface area contributed by atoms with Crippen molar-refractivity contribution in [1.29, 1.82) is 0 Å². The van der Waals surface area contributed by atoms with Crippen LogP contribution in [0.1, 0.15) is 35.1 Å². The van der Waals surface area contributed by atoms with E-state index in [0.29, 0.717) is 5.92 Å². The highest BCUT2D eigenvalue weighted by atomic mass is 32.1. The number of alkyl halides is 3. The first-order valence-corrected chi connectivity index (χ1v) is 6.51. The van der Waals surface area contributed by atoms with Gasteiger partial charge in [0.15, 0.2) is 5.01 Å². The van der Waals surface area contributed by atoms with Crippen molar-refractivity contribution in [1.82, 2.24) is 10.3 Å². The highest BCUT2D eigenvalue weighted by Crippen LogP contribution is 2.43. The fraction of sp³-hybridized carbons (Fsp3) is 0.727. The lowest BCUT2D eigenvalue weighted by molar-refractivity contribution is -0.137. The van der Waals surface area contributed by atoms with Gasteiger partial charge in [0, 0.05) is 11.1 Å². The topological polar surface area (TPSA) is 24.9 Å². The molecule has 1 aromatic rings. The van der Waals surface area contributed by atoms with Crippen molar-refractivity contribution < 1.29 is 13.2 Å². The molecule has 6 heteroatoms. The highest BCUT2D eigenvalue weighted by Gasteiger charge is 2.37. The Morgan fingerprint density at radius 1 is 1.47 bits per heavy atom. The van der Waals surface area contributed by atoms with Crippen LogP contribution in [0.25, 0.3) is 0 Å². The molecule has 17 heavy (non-hydrogen) atoms. The van der Waals surface area contributed by atoms with Crippen LogP contribution in [0.5, 0.6) is 0 Å². The number of rotatable bonds is 3. The first-order valence-electron chi connectivity index (χ1n) is 5.70. The van der Waals surface area contributed by atoms with E-state index in [2.05, 4.69) is 10.3 Å². The van der Waals surface area contributed by atoms with Gasteiger partial charge in [-0.1, -0.05) is 6.42 Å². The molecule has 2 atom stereocenters. The normalized spacial score (nSPS) is 25.4. The van der Waals surface area contributed by atoms with Gasteiger partial charge in [-0.15, -0.1) is 11.3 Å². The molecule has 0 aliphatic heterocycles. The number of hydrogen-bond acceptors (Lipinski definition) is 3. The summed E-state index contributed by atoms with van der Waals surface area (Å²) in [7, 11) is 1.88. The number of nitrogens with one attached hydrogen (secondary N) is 1. The van der Waals surface area contributed by atoms with Crippen molar-refractivity contribution in [3.05, 3.63) is 16.1 Å². The summed E-state index contributed by atoms with van der Waals surface area (Å²) in [5.41, 5.74) is 0. The van der Waals surface area contributed by atoms with Gasteiger partial charge in [0.25, 0.3) is 0 Å². The average Bonchev–Trinajstić information content (AvgIpc) is 2.82. The van der Waals surface area contributed by atoms with E-state index in [4.69, 9.17) is 0 Å². The zero-order valence-electron chi connectivity index (χ0n) is 9.55. The zero-order valence-corrected chi connectivity index (χ0v) is 10.4. The minimum atomic E-state index is -4.31. The standard InChI is InChI=1S/C11H15F3N2S/c1-15-5-7-3-2-4-8(7)9-6-16-10(17-9)11(12,13)14/h6-8,15H,2-5H2,1H3. The summed E-state index contributed by atoms with van der Waals surface area (Å²) in [6.45, 7) is 0.865. The monoisotopic (exact) mass is 264 g/mol. The van der Waals surface area contributed by atoms with Crippen LogP contribution in [0, 0.1) is 5.92 Å². The molecule has 2 unspecified atom stereocenters. The summed E-state index contributed by atoms with van der Waals surface area (Å²) in [4.78, 5) is 4.29. The van der Waals surface area contributed by atoms with E-state index >= 15 is 0 Å². The van der Waals surface area contributed by atoms with Gasteiger partial charge >= 0.3 is 6.18 Å². The Hall–Kier alpha value is -0.620. The Morgan fingerprint density at radius 2 is 2.24 bits per heavy atom. The van der Waals surface area contributed by atoms with Gasteiger partial charge in [0.05, 0.1) is 0 Å². The molecule has 1 aliphatic rings. The number of nitrogens with zero attached hydrogens (tertiary/aromatic N) is 1. The Labute approximate surface area is 102 Å². The summed E-state index contributed by atoms with van der Waals surface area (Å²) < 4.78 is 37.4. The van der Waals surface area contributed by atoms with Crippen molar-refractivity contribution in [3.63, 3.8) is 0 Å². The van der Waals surface area contributed by atoms with E-state index in [9.17, 15) is 13.2 Å². The molecule has 1 heterocycles. The number of halogens is 3. The third-order valence-corrected chi connectivity index (χ3v) is 4.43. The molecule has 0 saturated heterocycles. The number of thiazole rings is 1. The lowest BCUT2D eigenvalue weighted by Gasteiger charge is -2.17. The largest absolute Gasteiger partial charge is 0.443 e. The lowest BCUT2D eigenvalue weighted by Crippen LogP contribution is -2.20. The second kappa shape index (κ2) is 4.94. The predicted molar refractivity (Wildman–Crippen MR) is 61.1 cm³/mol. The number of hydrogen-bond donors (Lipinski definition) is 1. The van der Waals surface area contributed by atoms with Crippen LogP contribution in [0.2, 0.25) is 0 Å². The van der Waals surface area contributed by atoms with E-state index in [0.717, 1.165) is 42.0 Å². The predicted octanol–water partition coefficient (Wildman–Crippen LogP) is 3.27. The Balaban J connectivity index is 2.14. The SMILES string of the molecule is CNCC1CCCC1c1cnc(C(F)(F)F)s1. The van der Waals surface area contributed by atoms with Gasteiger partial charge in [-0.25, -0.2) is 4.98 Å². The van der Waals surface area contributed by atoms with Crippen molar-refractivity contribution >= 4 is 11.3 Å². The highest BCUT2D eigenvalue weighted by molar-refractivity contribution is 7.11. The molecule has 1 N–H and O–H groups in total. The van der Waals surface area contributed by atoms with E-state index in [-0.39, 0.29) is 5.92 Å². The minimum absolute atomic E-state index is 0.246. The van der Waals surface area contributed by atoms with Crippen LogP contribution in [0.3, 0.4) is 0 Å². The summed E-state index contributed by atoms with van der Waals surface area (Å²) in [5, 5.41) is 2.39. The number of aromatic nitrogens is 1. The molecule has 0 bridgehead atoms. The van der Waals surface area contributed by atoms with Gasteiger partial charge in [0.1, 0.15) is 0 Å². The third-order valence-electron chi connectivity index (χ3n) is 3.26. The molecule has 2 nitrogen and oxygen atoms in total. The quantitative estimate of drug-likeness (QED) is 0.906. The van der Waals surface area contributed by atoms with Gasteiger partial charge < -0.3 is 5.32 Å². The molecule has 0 aromatic carbocycles. The van der Waals surface area contributed by atoms with Crippen molar-refractivity contribution in [2.45, 2.75) is 31.4 Å². The zero-order chi connectivity index (χ0) is 12.5. The molecule has 0 amide bonds. The summed E-state index contributed by atoms with van der Waals surface area (Å²) in [5.74, 6) is 0.692. The van der Waals surface area contributed by atoms with Crippen molar-refractivity contribution in [3.8, 4) is 0 Å². The van der Waals surface area contributed by atoms with Crippen molar-refractivity contribution in [2.75, 3.05) is 13.6 Å². The van der Waals surface area contributed by atoms with E-state index < -0.39 is 11.2 Å². The molecule has 1 aromatic heterocycles. The van der Waals surface area contributed by atoms with Gasteiger partial charge in [-0.2, -0.15) is 13.2 Å². The van der Waals surface area contributed by atoms with E-state index in [1.54, 1.807) is 0 Å². The molecule has 2 rings (SSSR count). The molecule has 1 saturated carbocycles. The molecule has 0 radical (unpaired) electrons. The minimum Gasteiger partial charge on any atom is -0.319 e. The molecular formula is C11H15F3N2S. The summed E-state index contributed by atoms with van der Waals surface area (Å²) >= 11 is 0.803. The third kappa shape index (κ3) is 2.80. The van der Waals surface area contributed by atoms with Crippen LogP contribution in [0.4, 0.5) is 13.2 Å². The maximum absolute atomic E-state index is 12.5. The van der Waals surface area contributed by atoms with Crippen LogP contribution in [-0.2, 0) is 6.18 Å².